The van der Waals surface area contributed by atoms with Crippen LogP contribution in [-0.2, 0) is 16.1 Å². The number of carbonyl (C=O) groups is 1. The second kappa shape index (κ2) is 6.22. The minimum atomic E-state index is -0.485. The molecular weight excluding hydrogens is 244 g/mol. The number of nitrogens with zero attached hydrogens (tertiary/aromatic N) is 4. The van der Waals surface area contributed by atoms with E-state index >= 15 is 0 Å². The van der Waals surface area contributed by atoms with Gasteiger partial charge in [0.15, 0.2) is 0 Å². The van der Waals surface area contributed by atoms with Gasteiger partial charge < -0.3 is 4.74 Å². The molecule has 2 rings (SSSR count). The molecule has 0 saturated carbocycles. The molecule has 1 aliphatic rings. The quantitative estimate of drug-likeness (QED) is 0.360. The van der Waals surface area contributed by atoms with E-state index in [-0.39, 0.29) is 12.0 Å². The first-order chi connectivity index (χ1) is 9.26. The van der Waals surface area contributed by atoms with E-state index in [2.05, 4.69) is 10.0 Å². The fourth-order valence-corrected chi connectivity index (χ4v) is 2.45. The average Bonchev–Trinajstić information content (AvgIpc) is 2.82. The molecule has 6 heteroatoms. The van der Waals surface area contributed by atoms with Crippen LogP contribution in [0.15, 0.2) is 35.4 Å². The van der Waals surface area contributed by atoms with E-state index in [0.29, 0.717) is 13.0 Å². The number of methoxy groups -OCH3 is 1. The van der Waals surface area contributed by atoms with E-state index in [0.717, 1.165) is 12.1 Å². The normalized spacial score (nSPS) is 22.8. The van der Waals surface area contributed by atoms with Crippen molar-refractivity contribution in [1.29, 1.82) is 0 Å². The van der Waals surface area contributed by atoms with Crippen molar-refractivity contribution >= 4 is 5.97 Å². The monoisotopic (exact) mass is 260 g/mol. The highest BCUT2D eigenvalue weighted by Crippen LogP contribution is 2.24. The standard InChI is InChI=1S/C13H16N4O2/c1-19-13(18)12-11(15-16-14)7-8-17(12)9-10-5-3-2-4-6-10/h2-6,11-12H,7-9H2,1H3/t11-,12+/m1/s1. The lowest BCUT2D eigenvalue weighted by atomic mass is 10.1. The van der Waals surface area contributed by atoms with Gasteiger partial charge in [-0.25, -0.2) is 0 Å². The molecule has 1 aromatic rings. The highest BCUT2D eigenvalue weighted by molar-refractivity contribution is 5.77. The van der Waals surface area contributed by atoms with Gasteiger partial charge in [-0.1, -0.05) is 35.4 Å². The van der Waals surface area contributed by atoms with Gasteiger partial charge in [0.25, 0.3) is 0 Å². The molecule has 0 bridgehead atoms. The van der Waals surface area contributed by atoms with E-state index in [4.69, 9.17) is 10.3 Å². The summed E-state index contributed by atoms with van der Waals surface area (Å²) in [5.41, 5.74) is 9.69. The van der Waals surface area contributed by atoms with Crippen LogP contribution < -0.4 is 0 Å². The number of hydrogen-bond acceptors (Lipinski definition) is 4. The summed E-state index contributed by atoms with van der Waals surface area (Å²) in [5, 5.41) is 3.70. The highest BCUT2D eigenvalue weighted by Gasteiger charge is 2.39. The maximum Gasteiger partial charge on any atom is 0.323 e. The molecule has 0 N–H and O–H groups in total. The summed E-state index contributed by atoms with van der Waals surface area (Å²) in [6, 6.07) is 9.06. The Labute approximate surface area is 111 Å². The summed E-state index contributed by atoms with van der Waals surface area (Å²) in [5.74, 6) is -0.342. The molecule has 0 amide bonds. The van der Waals surface area contributed by atoms with E-state index < -0.39 is 6.04 Å². The van der Waals surface area contributed by atoms with Crippen molar-refractivity contribution in [1.82, 2.24) is 4.90 Å². The Balaban J connectivity index is 2.15. The smallest absolute Gasteiger partial charge is 0.323 e. The third-order valence-electron chi connectivity index (χ3n) is 3.34. The number of esters is 1. The lowest BCUT2D eigenvalue weighted by Gasteiger charge is -2.24. The molecule has 0 spiro atoms. The van der Waals surface area contributed by atoms with Crippen molar-refractivity contribution in [2.75, 3.05) is 13.7 Å². The van der Waals surface area contributed by atoms with Crippen molar-refractivity contribution in [2.24, 2.45) is 5.11 Å². The number of ether oxygens (including phenoxy) is 1. The van der Waals surface area contributed by atoms with Gasteiger partial charge in [0.05, 0.1) is 13.2 Å². The van der Waals surface area contributed by atoms with Crippen LogP contribution in [0.5, 0.6) is 0 Å². The van der Waals surface area contributed by atoms with Crippen LogP contribution in [0.4, 0.5) is 0 Å². The third kappa shape index (κ3) is 3.05. The van der Waals surface area contributed by atoms with Gasteiger partial charge in [0, 0.05) is 11.5 Å². The SMILES string of the molecule is COC(=O)[C@@H]1[C@H](N=[N+]=[N-])CCN1Cc1ccccc1. The first-order valence-corrected chi connectivity index (χ1v) is 6.16. The molecule has 1 heterocycles. The largest absolute Gasteiger partial charge is 0.468 e. The predicted molar refractivity (Wildman–Crippen MR) is 70.2 cm³/mol. The van der Waals surface area contributed by atoms with Crippen molar-refractivity contribution in [3.8, 4) is 0 Å². The van der Waals surface area contributed by atoms with Crippen molar-refractivity contribution in [3.63, 3.8) is 0 Å². The maximum atomic E-state index is 11.9. The zero-order valence-electron chi connectivity index (χ0n) is 10.8. The lowest BCUT2D eigenvalue weighted by molar-refractivity contribution is -0.146. The second-order valence-electron chi connectivity index (χ2n) is 4.49. The molecule has 0 aliphatic carbocycles. The Morgan fingerprint density at radius 2 is 2.26 bits per heavy atom. The van der Waals surface area contributed by atoms with E-state index in [1.807, 2.05) is 35.2 Å². The van der Waals surface area contributed by atoms with Crippen LogP contribution in [0.1, 0.15) is 12.0 Å². The van der Waals surface area contributed by atoms with Gasteiger partial charge >= 0.3 is 5.97 Å². The Morgan fingerprint density at radius 3 is 2.89 bits per heavy atom. The zero-order chi connectivity index (χ0) is 13.7. The van der Waals surface area contributed by atoms with Crippen LogP contribution in [-0.4, -0.2) is 36.6 Å². The maximum absolute atomic E-state index is 11.9. The number of azide groups is 1. The molecule has 1 saturated heterocycles. The number of likely N-dealkylation sites (tertiary alicyclic amines) is 1. The molecule has 100 valence electrons. The summed E-state index contributed by atoms with van der Waals surface area (Å²) in [7, 11) is 1.36. The molecule has 6 nitrogen and oxygen atoms in total. The summed E-state index contributed by atoms with van der Waals surface area (Å²) in [6.07, 6.45) is 0.677. The van der Waals surface area contributed by atoms with Gasteiger partial charge in [0.2, 0.25) is 0 Å². The van der Waals surface area contributed by atoms with Gasteiger partial charge in [-0.05, 0) is 24.1 Å². The van der Waals surface area contributed by atoms with E-state index in [1.54, 1.807) is 0 Å². The first-order valence-electron chi connectivity index (χ1n) is 6.16. The first kappa shape index (κ1) is 13.4. The average molecular weight is 260 g/mol. The van der Waals surface area contributed by atoms with Crippen LogP contribution in [0.3, 0.4) is 0 Å². The van der Waals surface area contributed by atoms with Gasteiger partial charge in [-0.3, -0.25) is 9.69 Å². The highest BCUT2D eigenvalue weighted by atomic mass is 16.5. The van der Waals surface area contributed by atoms with Gasteiger partial charge in [-0.2, -0.15) is 0 Å². The fourth-order valence-electron chi connectivity index (χ4n) is 2.45. The number of rotatable bonds is 4. The van der Waals surface area contributed by atoms with Crippen LogP contribution in [0.2, 0.25) is 0 Å². The van der Waals surface area contributed by atoms with Gasteiger partial charge in [0.1, 0.15) is 6.04 Å². The van der Waals surface area contributed by atoms with Crippen LogP contribution in [0.25, 0.3) is 10.4 Å². The summed E-state index contributed by atoms with van der Waals surface area (Å²) >= 11 is 0. The molecule has 1 aromatic carbocycles. The molecule has 1 fully saturated rings. The molecular formula is C13H16N4O2. The Hall–Kier alpha value is -2.04. The summed E-state index contributed by atoms with van der Waals surface area (Å²) < 4.78 is 4.81. The van der Waals surface area contributed by atoms with Crippen LogP contribution >= 0.6 is 0 Å². The van der Waals surface area contributed by atoms with E-state index in [9.17, 15) is 4.79 Å². The molecule has 0 aromatic heterocycles. The molecule has 1 aliphatic heterocycles. The zero-order valence-corrected chi connectivity index (χ0v) is 10.8. The second-order valence-corrected chi connectivity index (χ2v) is 4.49. The number of benzene rings is 1. The molecule has 2 atom stereocenters. The number of hydrogen-bond donors (Lipinski definition) is 0. The number of carbonyl (C=O) groups excluding carboxylic acids is 1. The summed E-state index contributed by atoms with van der Waals surface area (Å²) in [4.78, 5) is 16.7. The van der Waals surface area contributed by atoms with Gasteiger partial charge in [-0.15, -0.1) is 0 Å². The van der Waals surface area contributed by atoms with Crippen LogP contribution in [0, 0.1) is 0 Å². The molecule has 0 unspecified atom stereocenters. The minimum absolute atomic E-state index is 0.342. The summed E-state index contributed by atoms with van der Waals surface area (Å²) in [6.45, 7) is 1.37. The molecule has 0 radical (unpaired) electrons. The third-order valence-corrected chi connectivity index (χ3v) is 3.34. The lowest BCUT2D eigenvalue weighted by Crippen LogP contribution is -2.41. The Bertz CT molecular complexity index is 485. The van der Waals surface area contributed by atoms with Crippen molar-refractivity contribution in [2.45, 2.75) is 25.0 Å². The van der Waals surface area contributed by atoms with Crippen molar-refractivity contribution < 1.29 is 9.53 Å². The minimum Gasteiger partial charge on any atom is -0.468 e. The Morgan fingerprint density at radius 1 is 1.53 bits per heavy atom. The fraction of sp³-hybridized carbons (Fsp3) is 0.462. The Kier molecular flexibility index (Phi) is 4.39. The van der Waals surface area contributed by atoms with E-state index in [1.165, 1.54) is 7.11 Å². The topological polar surface area (TPSA) is 78.3 Å². The molecule has 19 heavy (non-hydrogen) atoms. The predicted octanol–water partition coefficient (Wildman–Crippen LogP) is 2.11. The van der Waals surface area contributed by atoms with Crippen molar-refractivity contribution in [3.05, 3.63) is 46.3 Å².